The Balaban J connectivity index is 0.000000121. The van der Waals surface area contributed by atoms with E-state index in [4.69, 9.17) is 38.9 Å². The topological polar surface area (TPSA) is 507 Å². The van der Waals surface area contributed by atoms with Crippen molar-refractivity contribution in [2.45, 2.75) is 48.5 Å². The molecule has 20 heterocycles. The lowest BCUT2D eigenvalue weighted by atomic mass is 10.1. The molecule has 0 aliphatic carbocycles. The molecule has 0 amide bonds. The lowest BCUT2D eigenvalue weighted by molar-refractivity contribution is 0.393. The van der Waals surface area contributed by atoms with Crippen molar-refractivity contribution in [2.24, 2.45) is 35.2 Å². The summed E-state index contributed by atoms with van der Waals surface area (Å²) in [4.78, 5) is 85.2. The number of nitrogens with zero attached hydrogens (tertiary/aromatic N) is 26. The summed E-state index contributed by atoms with van der Waals surface area (Å²) in [6, 6.07) is 15.3. The van der Waals surface area contributed by atoms with Crippen LogP contribution in [0.5, 0.6) is 23.5 Å². The number of methoxy groups -OCH3 is 4. The van der Waals surface area contributed by atoms with Crippen molar-refractivity contribution in [1.29, 1.82) is 0 Å². The van der Waals surface area contributed by atoms with Crippen molar-refractivity contribution in [1.82, 2.24) is 154 Å². The zero-order chi connectivity index (χ0) is 90.4. The van der Waals surface area contributed by atoms with Crippen molar-refractivity contribution in [3.05, 3.63) is 212 Å². The summed E-state index contributed by atoms with van der Waals surface area (Å²) in [6.07, 6.45) is 36.1. The van der Waals surface area contributed by atoms with Crippen molar-refractivity contribution < 1.29 is 18.9 Å². The van der Waals surface area contributed by atoms with E-state index in [1.807, 2.05) is 180 Å². The molecule has 20 rings (SSSR count). The molecule has 656 valence electrons. The number of H-pyrrole nitrogens is 5. The van der Waals surface area contributed by atoms with Gasteiger partial charge in [-0.25, -0.2) is 79.7 Å². The third-order valence-corrected chi connectivity index (χ3v) is 20.7. The Morgan fingerprint density at radius 1 is 0.323 bits per heavy atom. The van der Waals surface area contributed by atoms with Crippen LogP contribution < -0.4 is 61.5 Å². The van der Waals surface area contributed by atoms with Gasteiger partial charge in [0.25, 0.3) is 23.5 Å². The van der Waals surface area contributed by atoms with Crippen LogP contribution in [0.25, 0.3) is 88.6 Å². The summed E-state index contributed by atoms with van der Waals surface area (Å²) in [5.41, 5.74) is 20.7. The van der Waals surface area contributed by atoms with Crippen LogP contribution in [0.3, 0.4) is 0 Å². The van der Waals surface area contributed by atoms with Gasteiger partial charge in [0, 0.05) is 172 Å². The fourth-order valence-electron chi connectivity index (χ4n) is 14.5. The Hall–Kier alpha value is -17.8. The largest absolute Gasteiger partial charge is 0.478 e. The van der Waals surface area contributed by atoms with Crippen LogP contribution in [0.4, 0.5) is 93.1 Å². The number of rotatable bonds is 24. The van der Waals surface area contributed by atoms with Gasteiger partial charge >= 0.3 is 0 Å². The van der Waals surface area contributed by atoms with E-state index >= 15 is 0 Å². The summed E-state index contributed by atoms with van der Waals surface area (Å²) in [5.74, 6) is 8.53. The standard InChI is InChI=1S/2C22H24N10O.C22H21N9O.C21H20N10O/c1-12-8-25-22(27-16-10-32(4)30-21(16)33-5)28-17(12)15-9-24-18-14(15)6-7-23-19(18)29-20-13(2)26-11-31(20)3;1-11-8-25-22(26-16-10-32(4)31-21(16)33-5)28-17(11)15-9-24-19-14(15)6-7-23-20(19)27-18-12(2)29-30-13(18)3;1-13-10-26-22(27-16-12-31(2)30-21(16)32-3)29-18(13)15-11-25-19-14(15)7-9-24-20(19)28-17-6-4-5-8-23-17;1-12-9-26-21(27-15-11-31(2)30-19(15)32-3)28-16(12)14-10-25-17-13(14)5-8-22-18(17)29-20-23-6-4-7-24-20/h6-11,24H,1-5H3,(H,23,29)(H,25,27,28);6-10,24H,1-5H3,(H,23,27)(H,29,30)(H,25,26,28);4-12,25H,1-3H3,(H,23,24,28)(H,26,27,29);4-11,25H,1-3H3,(H,26,27,28)(H,22,23,24,29). The van der Waals surface area contributed by atoms with Crippen LogP contribution in [0, 0.1) is 48.5 Å². The third-order valence-electron chi connectivity index (χ3n) is 20.7. The van der Waals surface area contributed by atoms with E-state index in [2.05, 4.69) is 153 Å². The Morgan fingerprint density at radius 3 is 0.992 bits per heavy atom. The van der Waals surface area contributed by atoms with E-state index in [9.17, 15) is 0 Å². The van der Waals surface area contributed by atoms with E-state index in [0.717, 1.165) is 157 Å². The van der Waals surface area contributed by atoms with Gasteiger partial charge < -0.3 is 86.0 Å². The van der Waals surface area contributed by atoms with Crippen LogP contribution in [0.2, 0.25) is 0 Å². The van der Waals surface area contributed by atoms with Gasteiger partial charge in [-0.3, -0.25) is 23.8 Å². The van der Waals surface area contributed by atoms with Gasteiger partial charge in [0.2, 0.25) is 29.7 Å². The molecule has 0 aliphatic rings. The zero-order valence-corrected chi connectivity index (χ0v) is 73.4. The van der Waals surface area contributed by atoms with Crippen molar-refractivity contribution in [3.63, 3.8) is 0 Å². The number of fused-ring (bicyclic) bond motifs is 4. The highest BCUT2D eigenvalue weighted by Crippen LogP contribution is 2.41. The number of anilines is 16. The minimum atomic E-state index is 0.441. The van der Waals surface area contributed by atoms with Gasteiger partial charge in [0.05, 0.1) is 127 Å². The third kappa shape index (κ3) is 17.7. The highest BCUT2D eigenvalue weighted by molar-refractivity contribution is 6.04. The van der Waals surface area contributed by atoms with Crippen LogP contribution in [0.1, 0.15) is 39.3 Å². The molecule has 0 fully saturated rings. The Kier molecular flexibility index (Phi) is 23.7. The summed E-state index contributed by atoms with van der Waals surface area (Å²) >= 11 is 0. The fraction of sp³-hybridized carbons (Fsp3) is 0.184. The molecular formula is C87H89N39O4. The predicted octanol–water partition coefficient (Wildman–Crippen LogP) is 14.8. The molecule has 43 nitrogen and oxygen atoms in total. The fourth-order valence-corrected chi connectivity index (χ4v) is 14.5. The van der Waals surface area contributed by atoms with Gasteiger partial charge in [-0.1, -0.05) is 6.07 Å². The second-order valence-corrected chi connectivity index (χ2v) is 29.8. The maximum Gasteiger partial charge on any atom is 0.256 e. The molecule has 0 aromatic carbocycles. The van der Waals surface area contributed by atoms with Gasteiger partial charge in [-0.15, -0.1) is 20.4 Å². The Morgan fingerprint density at radius 2 is 0.669 bits per heavy atom. The SMILES string of the molecule is COc1nn(C)cc1Nc1ncc(C)c(-c2c[nH]c3c(Nc4c(C)n[nH]c4C)nccc23)n1.COc1nn(C)cc1Nc1ncc(C)c(-c2c[nH]c3c(Nc4c(C)ncn4C)nccc23)n1.COc1nn(C)cc1Nc1ncc(C)c(-c2c[nH]c3c(Nc4ccccn4)nccc23)n1.COc1nn(C)cc1Nc1ncc(C)c(-c2c[nH]c3c(Nc4ncccn4)nccc23)n1. The summed E-state index contributed by atoms with van der Waals surface area (Å²) in [7, 11) is 15.5. The second-order valence-electron chi connectivity index (χ2n) is 29.8. The Labute approximate surface area is 740 Å². The number of hydrogen-bond donors (Lipinski definition) is 13. The van der Waals surface area contributed by atoms with Crippen LogP contribution in [0.15, 0.2) is 173 Å². The minimum Gasteiger partial charge on any atom is -0.478 e. The smallest absolute Gasteiger partial charge is 0.256 e. The first-order chi connectivity index (χ1) is 63.1. The number of ether oxygens (including phenoxy) is 4. The molecule has 0 unspecified atom stereocenters. The van der Waals surface area contributed by atoms with E-state index in [1.54, 1.807) is 128 Å². The number of imidazole rings is 1. The van der Waals surface area contributed by atoms with Crippen LogP contribution in [-0.4, -0.2) is 182 Å². The minimum absolute atomic E-state index is 0.441. The lowest BCUT2D eigenvalue weighted by Gasteiger charge is -2.10. The number of aryl methyl sites for hydroxylation is 12. The molecule has 0 aliphatic heterocycles. The summed E-state index contributed by atoms with van der Waals surface area (Å²) < 4.78 is 29.8. The molecule has 0 bridgehead atoms. The van der Waals surface area contributed by atoms with E-state index in [0.29, 0.717) is 87.6 Å². The van der Waals surface area contributed by atoms with E-state index in [1.165, 1.54) is 0 Å². The number of aromatic nitrogens is 31. The van der Waals surface area contributed by atoms with E-state index < -0.39 is 0 Å². The molecule has 0 saturated carbocycles. The lowest BCUT2D eigenvalue weighted by Crippen LogP contribution is -2.01. The highest BCUT2D eigenvalue weighted by Gasteiger charge is 2.24. The molecular weight excluding hydrogens is 1660 g/mol. The molecule has 0 spiro atoms. The first-order valence-electron chi connectivity index (χ1n) is 40.5. The predicted molar refractivity (Wildman–Crippen MR) is 495 cm³/mol. The molecule has 0 saturated heterocycles. The van der Waals surface area contributed by atoms with Gasteiger partial charge in [0.1, 0.15) is 34.4 Å². The Bertz CT molecular complexity index is 6980. The van der Waals surface area contributed by atoms with E-state index in [-0.39, 0.29) is 0 Å². The normalized spacial score (nSPS) is 11.1. The first kappa shape index (κ1) is 84.4. The van der Waals surface area contributed by atoms with Crippen molar-refractivity contribution in [2.75, 3.05) is 71.0 Å². The molecule has 20 aromatic heterocycles. The van der Waals surface area contributed by atoms with Crippen molar-refractivity contribution >= 4 is 137 Å². The van der Waals surface area contributed by atoms with Gasteiger partial charge in [0.15, 0.2) is 23.3 Å². The van der Waals surface area contributed by atoms with Crippen molar-refractivity contribution in [3.8, 4) is 68.5 Å². The molecule has 43 heteroatoms. The van der Waals surface area contributed by atoms with Crippen LogP contribution >= 0.6 is 0 Å². The quantitative estimate of drug-likeness (QED) is 0.0267. The monoisotopic (exact) mass is 1740 g/mol. The van der Waals surface area contributed by atoms with Gasteiger partial charge in [-0.2, -0.15) is 5.10 Å². The number of pyridine rings is 5. The second kappa shape index (κ2) is 36.5. The van der Waals surface area contributed by atoms with Crippen LogP contribution in [-0.2, 0) is 35.2 Å². The van der Waals surface area contributed by atoms with Gasteiger partial charge in [-0.05, 0) is 113 Å². The molecule has 0 atom stereocenters. The average Bonchev–Trinajstić information content (AvgIpc) is 1.63. The maximum absolute atomic E-state index is 5.32. The molecule has 13 N–H and O–H groups in total. The number of hydrogen-bond acceptors (Lipinski definition) is 33. The number of aromatic amines is 5. The summed E-state index contributed by atoms with van der Waals surface area (Å²) in [6.45, 7) is 13.8. The highest BCUT2D eigenvalue weighted by atomic mass is 16.5. The zero-order valence-electron chi connectivity index (χ0n) is 73.4. The molecule has 0 radical (unpaired) electrons. The average molecular weight is 1740 g/mol. The number of nitrogens with one attached hydrogen (secondary N) is 13. The first-order valence-corrected chi connectivity index (χ1v) is 40.5. The molecule has 130 heavy (non-hydrogen) atoms. The maximum atomic E-state index is 5.32. The summed E-state index contributed by atoms with van der Waals surface area (Å²) in [5, 5.41) is 54.2. The molecule has 20 aromatic rings.